The zero-order valence-corrected chi connectivity index (χ0v) is 10.1. The maximum Gasteiger partial charge on any atom is 0.433 e. The number of aromatic nitrogens is 1. The molecule has 0 radical (unpaired) electrons. The van der Waals surface area contributed by atoms with Gasteiger partial charge in [0.2, 0.25) is 0 Å². The molecule has 0 fully saturated rings. The molecule has 108 valence electrons. The number of alkyl halides is 3. The number of carboxylic acid groups (broad SMARTS) is 1. The van der Waals surface area contributed by atoms with Gasteiger partial charge in [-0.25, -0.2) is 4.79 Å². The van der Waals surface area contributed by atoms with E-state index in [4.69, 9.17) is 5.11 Å². The van der Waals surface area contributed by atoms with Crippen LogP contribution < -0.4 is 5.32 Å². The van der Waals surface area contributed by atoms with Crippen molar-refractivity contribution in [2.45, 2.75) is 18.6 Å². The standard InChI is InChI=1S/C12H11F3N2O3/c1-2-3-8(11(19)20)17-10(18)7-4-5-9(16-6-7)12(13,14)15/h2,4-6,8H,1,3H2,(H,17,18)(H,19,20). The minimum atomic E-state index is -4.60. The molecule has 1 rings (SSSR count). The average Bonchev–Trinajstić information content (AvgIpc) is 2.37. The van der Waals surface area contributed by atoms with E-state index in [1.807, 2.05) is 0 Å². The van der Waals surface area contributed by atoms with Crippen molar-refractivity contribution in [1.29, 1.82) is 0 Å². The van der Waals surface area contributed by atoms with Gasteiger partial charge in [-0.1, -0.05) is 6.08 Å². The van der Waals surface area contributed by atoms with Crippen LogP contribution in [-0.2, 0) is 11.0 Å². The Kier molecular flexibility index (Phi) is 4.84. The molecule has 2 N–H and O–H groups in total. The Hall–Kier alpha value is -2.38. The Labute approximate surface area is 112 Å². The monoisotopic (exact) mass is 288 g/mol. The van der Waals surface area contributed by atoms with Crippen LogP contribution >= 0.6 is 0 Å². The van der Waals surface area contributed by atoms with Gasteiger partial charge in [0.15, 0.2) is 0 Å². The van der Waals surface area contributed by atoms with Crippen molar-refractivity contribution in [1.82, 2.24) is 10.3 Å². The van der Waals surface area contributed by atoms with E-state index in [0.29, 0.717) is 6.07 Å². The minimum Gasteiger partial charge on any atom is -0.480 e. The molecule has 1 heterocycles. The van der Waals surface area contributed by atoms with E-state index >= 15 is 0 Å². The van der Waals surface area contributed by atoms with Crippen molar-refractivity contribution in [3.05, 3.63) is 42.2 Å². The summed E-state index contributed by atoms with van der Waals surface area (Å²) in [4.78, 5) is 25.6. The number of amides is 1. The number of carboxylic acids is 1. The molecule has 1 atom stereocenters. The number of rotatable bonds is 5. The molecule has 0 aliphatic carbocycles. The predicted molar refractivity (Wildman–Crippen MR) is 62.9 cm³/mol. The van der Waals surface area contributed by atoms with Crippen molar-refractivity contribution < 1.29 is 27.9 Å². The Bertz CT molecular complexity index is 512. The fourth-order valence-electron chi connectivity index (χ4n) is 1.33. The second-order valence-corrected chi connectivity index (χ2v) is 3.82. The lowest BCUT2D eigenvalue weighted by Crippen LogP contribution is -2.40. The zero-order valence-electron chi connectivity index (χ0n) is 10.1. The molecule has 1 aromatic rings. The van der Waals surface area contributed by atoms with Crippen LogP contribution in [0.25, 0.3) is 0 Å². The molecule has 1 unspecified atom stereocenters. The van der Waals surface area contributed by atoms with E-state index in [-0.39, 0.29) is 12.0 Å². The van der Waals surface area contributed by atoms with Crippen molar-refractivity contribution in [2.24, 2.45) is 0 Å². The number of aliphatic carboxylic acids is 1. The van der Waals surface area contributed by atoms with Gasteiger partial charge in [-0.2, -0.15) is 13.2 Å². The van der Waals surface area contributed by atoms with Crippen LogP contribution in [-0.4, -0.2) is 28.0 Å². The Morgan fingerprint density at radius 1 is 1.45 bits per heavy atom. The number of carbonyl (C=O) groups excluding carboxylic acids is 1. The highest BCUT2D eigenvalue weighted by Crippen LogP contribution is 2.27. The van der Waals surface area contributed by atoms with Crippen LogP contribution in [0.15, 0.2) is 31.0 Å². The number of hydrogen-bond acceptors (Lipinski definition) is 3. The first-order chi connectivity index (χ1) is 9.25. The van der Waals surface area contributed by atoms with Crippen molar-refractivity contribution in [3.63, 3.8) is 0 Å². The molecule has 1 amide bonds. The third kappa shape index (κ3) is 4.08. The highest BCUT2D eigenvalue weighted by atomic mass is 19.4. The van der Waals surface area contributed by atoms with Gasteiger partial charge in [-0.3, -0.25) is 9.78 Å². The summed E-state index contributed by atoms with van der Waals surface area (Å²) in [7, 11) is 0. The summed E-state index contributed by atoms with van der Waals surface area (Å²) >= 11 is 0. The SMILES string of the molecule is C=CCC(NC(=O)c1ccc(C(F)(F)F)nc1)C(=O)O. The predicted octanol–water partition coefficient (Wildman–Crippen LogP) is 1.86. The van der Waals surface area contributed by atoms with Gasteiger partial charge >= 0.3 is 12.1 Å². The Morgan fingerprint density at radius 2 is 2.10 bits per heavy atom. The van der Waals surface area contributed by atoms with Crippen LogP contribution in [0.4, 0.5) is 13.2 Å². The lowest BCUT2D eigenvalue weighted by Gasteiger charge is -2.12. The molecule has 0 spiro atoms. The van der Waals surface area contributed by atoms with Crippen LogP contribution in [0, 0.1) is 0 Å². The van der Waals surface area contributed by atoms with Gasteiger partial charge in [0.05, 0.1) is 5.56 Å². The van der Waals surface area contributed by atoms with E-state index in [0.717, 1.165) is 12.3 Å². The molecule has 0 saturated heterocycles. The summed E-state index contributed by atoms with van der Waals surface area (Å²) in [5, 5.41) is 11.0. The molecule has 0 saturated carbocycles. The number of halogens is 3. The first-order valence-electron chi connectivity index (χ1n) is 5.43. The fourth-order valence-corrected chi connectivity index (χ4v) is 1.33. The minimum absolute atomic E-state index is 0.00482. The lowest BCUT2D eigenvalue weighted by atomic mass is 10.1. The van der Waals surface area contributed by atoms with Crippen molar-refractivity contribution >= 4 is 11.9 Å². The van der Waals surface area contributed by atoms with E-state index < -0.39 is 29.8 Å². The number of hydrogen-bond donors (Lipinski definition) is 2. The average molecular weight is 288 g/mol. The van der Waals surface area contributed by atoms with Crippen molar-refractivity contribution in [3.8, 4) is 0 Å². The maximum absolute atomic E-state index is 12.3. The van der Waals surface area contributed by atoms with Crippen LogP contribution in [0.1, 0.15) is 22.5 Å². The van der Waals surface area contributed by atoms with Gasteiger partial charge < -0.3 is 10.4 Å². The number of carbonyl (C=O) groups is 2. The largest absolute Gasteiger partial charge is 0.480 e. The quantitative estimate of drug-likeness (QED) is 0.810. The molecule has 8 heteroatoms. The molecular weight excluding hydrogens is 277 g/mol. The molecule has 20 heavy (non-hydrogen) atoms. The number of pyridine rings is 1. The fraction of sp³-hybridized carbons (Fsp3) is 0.250. The number of nitrogens with one attached hydrogen (secondary N) is 1. The van der Waals surface area contributed by atoms with Gasteiger partial charge in [0.1, 0.15) is 11.7 Å². The molecule has 0 aromatic carbocycles. The van der Waals surface area contributed by atoms with E-state index in [2.05, 4.69) is 16.9 Å². The smallest absolute Gasteiger partial charge is 0.433 e. The molecular formula is C12H11F3N2O3. The van der Waals surface area contributed by atoms with Gasteiger partial charge in [0.25, 0.3) is 5.91 Å². The highest BCUT2D eigenvalue weighted by molar-refractivity contribution is 5.96. The highest BCUT2D eigenvalue weighted by Gasteiger charge is 2.32. The molecule has 0 aliphatic rings. The summed E-state index contributed by atoms with van der Waals surface area (Å²) in [6, 6.07) is 0.387. The zero-order chi connectivity index (χ0) is 15.3. The Morgan fingerprint density at radius 3 is 2.50 bits per heavy atom. The van der Waals surface area contributed by atoms with Gasteiger partial charge in [0, 0.05) is 6.20 Å². The maximum atomic E-state index is 12.3. The number of nitrogens with zero attached hydrogens (tertiary/aromatic N) is 1. The van der Waals surface area contributed by atoms with Crippen LogP contribution in [0.5, 0.6) is 0 Å². The van der Waals surface area contributed by atoms with E-state index in [9.17, 15) is 22.8 Å². The van der Waals surface area contributed by atoms with E-state index in [1.165, 1.54) is 6.08 Å². The summed E-state index contributed by atoms with van der Waals surface area (Å²) in [5.74, 6) is -2.08. The van der Waals surface area contributed by atoms with Crippen LogP contribution in [0.2, 0.25) is 0 Å². The first-order valence-corrected chi connectivity index (χ1v) is 5.43. The summed E-state index contributed by atoms with van der Waals surface area (Å²) in [6.45, 7) is 3.35. The topological polar surface area (TPSA) is 79.3 Å². The van der Waals surface area contributed by atoms with Crippen molar-refractivity contribution in [2.75, 3.05) is 0 Å². The Balaban J connectivity index is 2.82. The summed E-state index contributed by atoms with van der Waals surface area (Å²) < 4.78 is 36.9. The second kappa shape index (κ2) is 6.18. The summed E-state index contributed by atoms with van der Waals surface area (Å²) in [6.07, 6.45) is -2.55. The van der Waals surface area contributed by atoms with Crippen LogP contribution in [0.3, 0.4) is 0 Å². The molecule has 0 aliphatic heterocycles. The van der Waals surface area contributed by atoms with Gasteiger partial charge in [-0.15, -0.1) is 6.58 Å². The third-order valence-corrected chi connectivity index (χ3v) is 2.32. The second-order valence-electron chi connectivity index (χ2n) is 3.82. The normalized spacial score (nSPS) is 12.6. The molecule has 1 aromatic heterocycles. The lowest BCUT2D eigenvalue weighted by molar-refractivity contribution is -0.141. The third-order valence-electron chi connectivity index (χ3n) is 2.32. The first kappa shape index (κ1) is 15.7. The van der Waals surface area contributed by atoms with Gasteiger partial charge in [-0.05, 0) is 18.6 Å². The molecule has 5 nitrogen and oxygen atoms in total. The summed E-state index contributed by atoms with van der Waals surface area (Å²) in [5.41, 5.74) is -1.29. The molecule has 0 bridgehead atoms. The van der Waals surface area contributed by atoms with E-state index in [1.54, 1.807) is 0 Å².